The van der Waals surface area contributed by atoms with Crippen molar-refractivity contribution in [2.75, 3.05) is 19.7 Å². The number of aromatic nitrogens is 2. The zero-order valence-electron chi connectivity index (χ0n) is 11.8. The van der Waals surface area contributed by atoms with Crippen molar-refractivity contribution in [2.24, 2.45) is 0 Å². The summed E-state index contributed by atoms with van der Waals surface area (Å²) in [6.07, 6.45) is 3.93. The van der Waals surface area contributed by atoms with Gasteiger partial charge in [-0.05, 0) is 19.8 Å². The predicted molar refractivity (Wildman–Crippen MR) is 73.3 cm³/mol. The highest BCUT2D eigenvalue weighted by atomic mass is 32.2. The van der Waals surface area contributed by atoms with Crippen LogP contribution in [-0.4, -0.2) is 59.4 Å². The average Bonchev–Trinajstić information content (AvgIpc) is 2.88. The van der Waals surface area contributed by atoms with Gasteiger partial charge in [-0.3, -0.25) is 9.48 Å². The Balaban J connectivity index is 2.13. The number of ether oxygens (including phenoxy) is 1. The number of sulfonamides is 1. The molecule has 0 aliphatic carbocycles. The maximum Gasteiger partial charge on any atom is 0.325 e. The largest absolute Gasteiger partial charge is 0.480 e. The fraction of sp³-hybridized carbons (Fsp3) is 0.667. The molecule has 9 heteroatoms. The summed E-state index contributed by atoms with van der Waals surface area (Å²) in [6, 6.07) is 0. The van der Waals surface area contributed by atoms with Crippen molar-refractivity contribution in [2.45, 2.75) is 37.3 Å². The second-order valence-corrected chi connectivity index (χ2v) is 6.79. The van der Waals surface area contributed by atoms with Gasteiger partial charge in [0.15, 0.2) is 0 Å². The second-order valence-electron chi connectivity index (χ2n) is 4.85. The van der Waals surface area contributed by atoms with Crippen molar-refractivity contribution in [3.63, 3.8) is 0 Å². The third-order valence-electron chi connectivity index (χ3n) is 3.29. The summed E-state index contributed by atoms with van der Waals surface area (Å²) in [6.45, 7) is 2.83. The third kappa shape index (κ3) is 3.80. The van der Waals surface area contributed by atoms with E-state index in [2.05, 4.69) is 5.10 Å². The lowest BCUT2D eigenvalue weighted by molar-refractivity contribution is -0.137. The summed E-state index contributed by atoms with van der Waals surface area (Å²) >= 11 is 0. The van der Waals surface area contributed by atoms with Gasteiger partial charge in [0.1, 0.15) is 11.4 Å². The minimum atomic E-state index is -3.65. The van der Waals surface area contributed by atoms with E-state index in [1.165, 1.54) is 16.7 Å². The number of hydrogen-bond acceptors (Lipinski definition) is 5. The van der Waals surface area contributed by atoms with Crippen LogP contribution in [0.25, 0.3) is 0 Å². The van der Waals surface area contributed by atoms with Crippen LogP contribution in [0.4, 0.5) is 0 Å². The molecule has 1 atom stereocenters. The van der Waals surface area contributed by atoms with E-state index < -0.39 is 16.0 Å². The van der Waals surface area contributed by atoms with Crippen LogP contribution in [0.2, 0.25) is 0 Å². The molecule has 0 amide bonds. The Bertz CT molecular complexity index is 596. The molecule has 0 saturated carbocycles. The van der Waals surface area contributed by atoms with Crippen LogP contribution < -0.4 is 0 Å². The molecule has 1 fully saturated rings. The number of nitrogens with zero attached hydrogens (tertiary/aromatic N) is 3. The van der Waals surface area contributed by atoms with E-state index in [1.807, 2.05) is 6.92 Å². The van der Waals surface area contributed by atoms with Crippen molar-refractivity contribution in [1.82, 2.24) is 14.1 Å². The monoisotopic (exact) mass is 317 g/mol. The minimum absolute atomic E-state index is 0.0147. The highest BCUT2D eigenvalue weighted by Gasteiger charge is 2.31. The van der Waals surface area contributed by atoms with E-state index in [1.54, 1.807) is 0 Å². The van der Waals surface area contributed by atoms with Gasteiger partial charge in [-0.25, -0.2) is 8.42 Å². The lowest BCUT2D eigenvalue weighted by atomic mass is 10.1. The summed E-state index contributed by atoms with van der Waals surface area (Å²) in [5.74, 6) is -1.07. The lowest BCUT2D eigenvalue weighted by Gasteiger charge is -2.31. The molecular formula is C12H19N3O5S. The third-order valence-corrected chi connectivity index (χ3v) is 5.11. The van der Waals surface area contributed by atoms with Crippen molar-refractivity contribution >= 4 is 16.0 Å². The van der Waals surface area contributed by atoms with E-state index in [0.29, 0.717) is 19.7 Å². The Morgan fingerprint density at radius 1 is 1.57 bits per heavy atom. The second kappa shape index (κ2) is 6.54. The van der Waals surface area contributed by atoms with Gasteiger partial charge in [0.2, 0.25) is 10.0 Å². The Kier molecular flexibility index (Phi) is 4.96. The van der Waals surface area contributed by atoms with E-state index in [-0.39, 0.29) is 17.5 Å². The molecule has 1 saturated heterocycles. The van der Waals surface area contributed by atoms with Crippen LogP contribution in [0, 0.1) is 0 Å². The fourth-order valence-electron chi connectivity index (χ4n) is 2.35. The van der Waals surface area contributed by atoms with Gasteiger partial charge in [-0.1, -0.05) is 0 Å². The molecule has 1 aromatic rings. The smallest absolute Gasteiger partial charge is 0.325 e. The highest BCUT2D eigenvalue weighted by Crippen LogP contribution is 2.21. The quantitative estimate of drug-likeness (QED) is 0.802. The summed E-state index contributed by atoms with van der Waals surface area (Å²) < 4.78 is 33.0. The number of aliphatic carboxylic acids is 1. The summed E-state index contributed by atoms with van der Waals surface area (Å²) in [7, 11) is -3.65. The minimum Gasteiger partial charge on any atom is -0.480 e. The Morgan fingerprint density at radius 3 is 3.00 bits per heavy atom. The van der Waals surface area contributed by atoms with Gasteiger partial charge >= 0.3 is 5.97 Å². The van der Waals surface area contributed by atoms with Crippen LogP contribution in [0.1, 0.15) is 19.8 Å². The number of carboxylic acid groups (broad SMARTS) is 1. The predicted octanol–water partition coefficient (Wildman–Crippen LogP) is 0.157. The molecule has 1 unspecified atom stereocenters. The number of piperidine rings is 1. The van der Waals surface area contributed by atoms with Crippen molar-refractivity contribution in [1.29, 1.82) is 0 Å². The number of hydrogen-bond donors (Lipinski definition) is 1. The van der Waals surface area contributed by atoms with Crippen molar-refractivity contribution in [3.8, 4) is 0 Å². The first-order valence-electron chi connectivity index (χ1n) is 6.79. The molecule has 2 heterocycles. The Labute approximate surface area is 123 Å². The Hall–Kier alpha value is -1.45. The number of rotatable bonds is 6. The maximum atomic E-state index is 12.5. The first-order chi connectivity index (χ1) is 9.93. The maximum absolute atomic E-state index is 12.5. The van der Waals surface area contributed by atoms with Crippen molar-refractivity contribution < 1.29 is 23.1 Å². The van der Waals surface area contributed by atoms with E-state index in [4.69, 9.17) is 9.84 Å². The zero-order chi connectivity index (χ0) is 15.5. The summed E-state index contributed by atoms with van der Waals surface area (Å²) in [4.78, 5) is 10.6. The first kappa shape index (κ1) is 15.9. The zero-order valence-corrected chi connectivity index (χ0v) is 12.6. The van der Waals surface area contributed by atoms with E-state index in [9.17, 15) is 13.2 Å². The molecule has 0 radical (unpaired) electrons. The molecule has 0 bridgehead atoms. The van der Waals surface area contributed by atoms with Crippen LogP contribution in [0.3, 0.4) is 0 Å². The average molecular weight is 317 g/mol. The normalized spacial score (nSPS) is 20.5. The van der Waals surface area contributed by atoms with Crippen LogP contribution in [-0.2, 0) is 26.1 Å². The summed E-state index contributed by atoms with van der Waals surface area (Å²) in [5.41, 5.74) is 0. The van der Waals surface area contributed by atoms with Crippen LogP contribution >= 0.6 is 0 Å². The molecule has 118 valence electrons. The van der Waals surface area contributed by atoms with Gasteiger partial charge in [-0.2, -0.15) is 9.40 Å². The molecule has 0 spiro atoms. The Morgan fingerprint density at radius 2 is 2.33 bits per heavy atom. The van der Waals surface area contributed by atoms with Gasteiger partial charge in [-0.15, -0.1) is 0 Å². The highest BCUT2D eigenvalue weighted by molar-refractivity contribution is 7.89. The number of carbonyl (C=O) groups is 1. The molecule has 21 heavy (non-hydrogen) atoms. The standard InChI is InChI=1S/C12H19N3O5S/c1-2-20-10-4-3-5-15(7-10)21(18,19)11-6-13-14(8-11)9-12(16)17/h6,8,10H,2-5,7,9H2,1H3,(H,16,17). The van der Waals surface area contributed by atoms with Gasteiger partial charge in [0.05, 0.1) is 12.3 Å². The topological polar surface area (TPSA) is 102 Å². The number of carboxylic acids is 1. The first-order valence-corrected chi connectivity index (χ1v) is 8.23. The van der Waals surface area contributed by atoms with Crippen LogP contribution in [0.15, 0.2) is 17.3 Å². The van der Waals surface area contributed by atoms with E-state index >= 15 is 0 Å². The molecule has 2 rings (SSSR count). The molecule has 1 aliphatic rings. The molecule has 1 aliphatic heterocycles. The van der Waals surface area contributed by atoms with Gasteiger partial charge in [0.25, 0.3) is 0 Å². The molecular weight excluding hydrogens is 298 g/mol. The summed E-state index contributed by atoms with van der Waals surface area (Å²) in [5, 5.41) is 12.5. The van der Waals surface area contributed by atoms with Gasteiger partial charge < -0.3 is 9.84 Å². The molecule has 8 nitrogen and oxygen atoms in total. The fourth-order valence-corrected chi connectivity index (χ4v) is 3.81. The molecule has 0 aromatic carbocycles. The molecule has 1 aromatic heterocycles. The molecule has 1 N–H and O–H groups in total. The van der Waals surface area contributed by atoms with E-state index in [0.717, 1.165) is 17.5 Å². The van der Waals surface area contributed by atoms with Crippen LogP contribution in [0.5, 0.6) is 0 Å². The van der Waals surface area contributed by atoms with Gasteiger partial charge in [0, 0.05) is 25.9 Å². The lowest BCUT2D eigenvalue weighted by Crippen LogP contribution is -2.43. The SMILES string of the molecule is CCOC1CCCN(S(=O)(=O)c2cnn(CC(=O)O)c2)C1. The van der Waals surface area contributed by atoms with Crippen molar-refractivity contribution in [3.05, 3.63) is 12.4 Å².